The Bertz CT molecular complexity index is 1710. The van der Waals surface area contributed by atoms with E-state index in [9.17, 15) is 14.4 Å². The predicted molar refractivity (Wildman–Crippen MR) is 145 cm³/mol. The van der Waals surface area contributed by atoms with Gasteiger partial charge in [0.25, 0.3) is 11.5 Å². The Kier molecular flexibility index (Phi) is 7.01. The molecule has 0 bridgehead atoms. The van der Waals surface area contributed by atoms with Crippen molar-refractivity contribution in [3.8, 4) is 5.75 Å². The number of nitrogens with one attached hydrogen (secondary N) is 1. The molecule has 0 aliphatic carbocycles. The number of benzene rings is 3. The molecular formula is C29H23N3O5S. The van der Waals surface area contributed by atoms with Gasteiger partial charge >= 0.3 is 5.97 Å². The van der Waals surface area contributed by atoms with E-state index in [4.69, 9.17) is 9.84 Å². The second-order valence-corrected chi connectivity index (χ2v) is 9.57. The number of aromatic nitrogens is 1. The van der Waals surface area contributed by atoms with Gasteiger partial charge in [0.05, 0.1) is 21.8 Å². The lowest BCUT2D eigenvalue weighted by Crippen LogP contribution is -2.40. The maximum Gasteiger partial charge on any atom is 0.341 e. The summed E-state index contributed by atoms with van der Waals surface area (Å²) in [5, 5.41) is 11.7. The maximum absolute atomic E-state index is 13.7. The van der Waals surface area contributed by atoms with Gasteiger partial charge in [-0.2, -0.15) is 0 Å². The van der Waals surface area contributed by atoms with Crippen LogP contribution in [0.4, 0.5) is 5.69 Å². The molecule has 2 heterocycles. The third-order valence-electron chi connectivity index (χ3n) is 5.95. The topological polar surface area (TPSA) is 110 Å². The molecule has 0 fully saturated rings. The van der Waals surface area contributed by atoms with E-state index < -0.39 is 18.6 Å². The lowest BCUT2D eigenvalue weighted by molar-refractivity contribution is -0.139. The Labute approximate surface area is 221 Å². The smallest absolute Gasteiger partial charge is 0.341 e. The van der Waals surface area contributed by atoms with Gasteiger partial charge in [0, 0.05) is 5.69 Å². The van der Waals surface area contributed by atoms with Gasteiger partial charge in [-0.1, -0.05) is 72.0 Å². The number of carboxylic acid groups (broad SMARTS) is 1. The molecule has 8 nitrogen and oxygen atoms in total. The molecule has 0 unspecified atom stereocenters. The molecule has 1 aromatic heterocycles. The van der Waals surface area contributed by atoms with E-state index in [-0.39, 0.29) is 11.5 Å². The monoisotopic (exact) mass is 525 g/mol. The van der Waals surface area contributed by atoms with Crippen LogP contribution in [0.5, 0.6) is 5.75 Å². The van der Waals surface area contributed by atoms with Crippen LogP contribution in [0.2, 0.25) is 0 Å². The maximum atomic E-state index is 13.7. The molecule has 1 aliphatic rings. The predicted octanol–water partition coefficient (Wildman–Crippen LogP) is 3.34. The number of anilines is 1. The van der Waals surface area contributed by atoms with Crippen LogP contribution in [-0.2, 0) is 9.59 Å². The van der Waals surface area contributed by atoms with Crippen molar-refractivity contribution in [3.63, 3.8) is 0 Å². The third-order valence-corrected chi connectivity index (χ3v) is 6.94. The SMILES string of the molecule is CC1=C(C(=O)Nc2ccccc2)[C@H](c2ccccc2)n2c(s/c(=C\c3ccc(OCC(=O)O)cc3)c2=O)=N1. The van der Waals surface area contributed by atoms with Crippen LogP contribution >= 0.6 is 11.3 Å². The molecular weight excluding hydrogens is 502 g/mol. The molecule has 1 atom stereocenters. The minimum atomic E-state index is -1.06. The first-order valence-electron chi connectivity index (χ1n) is 11.8. The molecule has 3 aromatic carbocycles. The molecule has 1 amide bonds. The van der Waals surface area contributed by atoms with Crippen LogP contribution in [0.3, 0.4) is 0 Å². The van der Waals surface area contributed by atoms with E-state index in [1.807, 2.05) is 48.5 Å². The van der Waals surface area contributed by atoms with Crippen molar-refractivity contribution >= 4 is 35.0 Å². The second kappa shape index (κ2) is 10.7. The fraction of sp³-hybridized carbons (Fsp3) is 0.103. The number of rotatable bonds is 7. The van der Waals surface area contributed by atoms with Crippen LogP contribution in [0.1, 0.15) is 24.1 Å². The molecule has 2 N–H and O–H groups in total. The largest absolute Gasteiger partial charge is 0.482 e. The van der Waals surface area contributed by atoms with Crippen LogP contribution < -0.4 is 24.9 Å². The van der Waals surface area contributed by atoms with Crippen molar-refractivity contribution in [3.05, 3.63) is 127 Å². The average Bonchev–Trinajstić information content (AvgIpc) is 3.22. The number of carbonyl (C=O) groups is 2. The lowest BCUT2D eigenvalue weighted by Gasteiger charge is -2.25. The Morgan fingerprint density at radius 1 is 1.03 bits per heavy atom. The van der Waals surface area contributed by atoms with E-state index in [1.54, 1.807) is 54.0 Å². The summed E-state index contributed by atoms with van der Waals surface area (Å²) < 4.78 is 7.21. The number of ether oxygens (including phenoxy) is 1. The van der Waals surface area contributed by atoms with Gasteiger partial charge < -0.3 is 15.2 Å². The highest BCUT2D eigenvalue weighted by molar-refractivity contribution is 7.07. The zero-order valence-corrected chi connectivity index (χ0v) is 21.1. The number of aliphatic carboxylic acids is 1. The van der Waals surface area contributed by atoms with Gasteiger partial charge in [-0.15, -0.1) is 0 Å². The molecule has 0 saturated carbocycles. The zero-order chi connectivity index (χ0) is 26.6. The standard InChI is InChI=1S/C29H23N3O5S/c1-18-25(27(35)31-21-10-6-3-7-11-21)26(20-8-4-2-5-9-20)32-28(36)23(38-29(32)30-18)16-19-12-14-22(15-13-19)37-17-24(33)34/h2-16,26H,17H2,1H3,(H,31,35)(H,33,34)/b23-16-/t26-/m0/s1. The third kappa shape index (κ3) is 5.18. The number of carbonyl (C=O) groups excluding carboxylic acids is 1. The number of hydrogen-bond acceptors (Lipinski definition) is 6. The summed E-state index contributed by atoms with van der Waals surface area (Å²) in [4.78, 5) is 43.1. The molecule has 0 saturated heterocycles. The first-order valence-corrected chi connectivity index (χ1v) is 12.6. The zero-order valence-electron chi connectivity index (χ0n) is 20.3. The number of allylic oxidation sites excluding steroid dienone is 1. The van der Waals surface area contributed by atoms with Gasteiger partial charge in [0.1, 0.15) is 5.75 Å². The lowest BCUT2D eigenvalue weighted by atomic mass is 9.95. The molecule has 0 spiro atoms. The summed E-state index contributed by atoms with van der Waals surface area (Å²) >= 11 is 1.25. The highest BCUT2D eigenvalue weighted by Gasteiger charge is 2.32. The van der Waals surface area contributed by atoms with Crippen molar-refractivity contribution in [2.75, 3.05) is 11.9 Å². The summed E-state index contributed by atoms with van der Waals surface area (Å²) in [5.74, 6) is -0.965. The molecule has 0 radical (unpaired) electrons. The average molecular weight is 526 g/mol. The highest BCUT2D eigenvalue weighted by Crippen LogP contribution is 2.30. The Morgan fingerprint density at radius 3 is 2.34 bits per heavy atom. The van der Waals surface area contributed by atoms with Crippen molar-refractivity contribution in [2.24, 2.45) is 4.99 Å². The molecule has 9 heteroatoms. The van der Waals surface area contributed by atoms with Gasteiger partial charge in [0.15, 0.2) is 11.4 Å². The van der Waals surface area contributed by atoms with E-state index >= 15 is 0 Å². The van der Waals surface area contributed by atoms with E-state index in [0.717, 1.165) is 11.1 Å². The molecule has 1 aliphatic heterocycles. The van der Waals surface area contributed by atoms with Crippen LogP contribution in [0, 0.1) is 0 Å². The van der Waals surface area contributed by atoms with E-state index in [0.29, 0.717) is 32.0 Å². The number of thiazole rings is 1. The normalized spacial score (nSPS) is 15.0. The summed E-state index contributed by atoms with van der Waals surface area (Å²) in [6, 6.07) is 24.7. The van der Waals surface area contributed by atoms with Gasteiger partial charge in [-0.05, 0) is 48.4 Å². The number of para-hydroxylation sites is 1. The van der Waals surface area contributed by atoms with Crippen molar-refractivity contribution in [1.82, 2.24) is 4.57 Å². The quantitative estimate of drug-likeness (QED) is 0.385. The minimum Gasteiger partial charge on any atom is -0.482 e. The first-order chi connectivity index (χ1) is 18.4. The summed E-state index contributed by atoms with van der Waals surface area (Å²) in [6.07, 6.45) is 1.75. The number of fused-ring (bicyclic) bond motifs is 1. The summed E-state index contributed by atoms with van der Waals surface area (Å²) in [5.41, 5.74) is 2.88. The Hall–Kier alpha value is -4.76. The van der Waals surface area contributed by atoms with Crippen LogP contribution in [0.15, 0.2) is 106 Å². The van der Waals surface area contributed by atoms with Crippen molar-refractivity contribution in [2.45, 2.75) is 13.0 Å². The summed E-state index contributed by atoms with van der Waals surface area (Å²) in [6.45, 7) is 1.35. The molecule has 4 aromatic rings. The van der Waals surface area contributed by atoms with E-state index in [1.165, 1.54) is 11.3 Å². The summed E-state index contributed by atoms with van der Waals surface area (Å²) in [7, 11) is 0. The molecule has 5 rings (SSSR count). The van der Waals surface area contributed by atoms with Crippen LogP contribution in [0.25, 0.3) is 6.08 Å². The van der Waals surface area contributed by atoms with Gasteiger partial charge in [-0.25, -0.2) is 9.79 Å². The first kappa shape index (κ1) is 24.9. The van der Waals surface area contributed by atoms with E-state index in [2.05, 4.69) is 10.3 Å². The Morgan fingerprint density at radius 2 is 1.68 bits per heavy atom. The highest BCUT2D eigenvalue weighted by atomic mass is 32.1. The van der Waals surface area contributed by atoms with Gasteiger partial charge in [-0.3, -0.25) is 14.2 Å². The van der Waals surface area contributed by atoms with Crippen molar-refractivity contribution < 1.29 is 19.4 Å². The second-order valence-electron chi connectivity index (χ2n) is 8.56. The van der Waals surface area contributed by atoms with Gasteiger partial charge in [0.2, 0.25) is 0 Å². The number of carboxylic acids is 1. The minimum absolute atomic E-state index is 0.258. The number of nitrogens with zero attached hydrogens (tertiary/aromatic N) is 2. The fourth-order valence-electron chi connectivity index (χ4n) is 4.24. The number of amides is 1. The Balaban J connectivity index is 1.56. The fourth-order valence-corrected chi connectivity index (χ4v) is 5.29. The molecule has 190 valence electrons. The number of hydrogen-bond donors (Lipinski definition) is 2. The van der Waals surface area contributed by atoms with Crippen LogP contribution in [-0.4, -0.2) is 28.2 Å². The molecule has 38 heavy (non-hydrogen) atoms. The van der Waals surface area contributed by atoms with Crippen molar-refractivity contribution in [1.29, 1.82) is 0 Å².